The van der Waals surface area contributed by atoms with Crippen molar-refractivity contribution in [1.29, 1.82) is 0 Å². The van der Waals surface area contributed by atoms with Gasteiger partial charge in [0.1, 0.15) is 6.54 Å². The first-order valence-electron chi connectivity index (χ1n) is 11.3. The molecule has 4 aromatic rings. The molecule has 0 aliphatic carbocycles. The molecule has 0 aliphatic heterocycles. The monoisotopic (exact) mass is 543 g/mol. The van der Waals surface area contributed by atoms with Crippen molar-refractivity contribution in [2.24, 2.45) is 0 Å². The second-order valence-corrected chi connectivity index (χ2v) is 12.1. The molecule has 188 valence electrons. The molecule has 1 aromatic heterocycles. The molecule has 0 fully saturated rings. The van der Waals surface area contributed by atoms with Crippen LogP contribution in [-0.4, -0.2) is 25.4 Å². The Morgan fingerprint density at radius 2 is 1.75 bits per heavy atom. The number of carbonyl (C=O) groups excluding carboxylic acids is 1. The smallest absolute Gasteiger partial charge is 0.308 e. The minimum atomic E-state index is -4.06. The van der Waals surface area contributed by atoms with E-state index in [0.29, 0.717) is 10.7 Å². The number of carbonyl (C=O) groups is 1. The highest BCUT2D eigenvalue weighted by Gasteiger charge is 2.28. The van der Waals surface area contributed by atoms with Crippen molar-refractivity contribution in [1.82, 2.24) is 4.57 Å². The van der Waals surface area contributed by atoms with E-state index >= 15 is 0 Å². The zero-order chi connectivity index (χ0) is 26.2. The van der Waals surface area contributed by atoms with Gasteiger partial charge in [0.05, 0.1) is 20.8 Å². The topological polar surface area (TPSA) is 88.5 Å². The maximum Gasteiger partial charge on any atom is 0.308 e. The molecule has 0 aliphatic rings. The standard InChI is InChI=1S/C26H26ClN3O4S2/c1-16(2)30-23-12-8-19(13-24(23)35-26(30)32)28-25(31)15-29(20-9-7-18(4)22(27)14-20)36(33,34)21-10-5-17(3)6-11-21/h5-14,16H,15H2,1-4H3,(H,28,31). The molecule has 7 nitrogen and oxygen atoms in total. The molecule has 4 rings (SSSR count). The average molecular weight is 544 g/mol. The maximum atomic E-state index is 13.6. The van der Waals surface area contributed by atoms with Crippen molar-refractivity contribution in [3.63, 3.8) is 0 Å². The highest BCUT2D eigenvalue weighted by Crippen LogP contribution is 2.29. The van der Waals surface area contributed by atoms with Crippen molar-refractivity contribution < 1.29 is 13.2 Å². The Balaban J connectivity index is 1.66. The van der Waals surface area contributed by atoms with Gasteiger partial charge in [0.2, 0.25) is 5.91 Å². The number of halogens is 1. The summed E-state index contributed by atoms with van der Waals surface area (Å²) < 4.78 is 30.6. The molecule has 0 spiro atoms. The van der Waals surface area contributed by atoms with Crippen LogP contribution in [0.3, 0.4) is 0 Å². The van der Waals surface area contributed by atoms with E-state index in [0.717, 1.165) is 37.0 Å². The molecule has 1 amide bonds. The van der Waals surface area contributed by atoms with E-state index < -0.39 is 22.5 Å². The number of sulfonamides is 1. The largest absolute Gasteiger partial charge is 0.324 e. The van der Waals surface area contributed by atoms with E-state index in [-0.39, 0.29) is 21.5 Å². The second kappa shape index (κ2) is 10.1. The predicted octanol–water partition coefficient (Wildman–Crippen LogP) is 5.75. The lowest BCUT2D eigenvalue weighted by molar-refractivity contribution is -0.114. The summed E-state index contributed by atoms with van der Waals surface area (Å²) in [4.78, 5) is 25.4. The summed E-state index contributed by atoms with van der Waals surface area (Å²) in [5.74, 6) is -0.530. The molecule has 0 saturated carbocycles. The molecule has 0 bridgehead atoms. The lowest BCUT2D eigenvalue weighted by Gasteiger charge is -2.24. The lowest BCUT2D eigenvalue weighted by Crippen LogP contribution is -2.38. The number of thiazole rings is 1. The van der Waals surface area contributed by atoms with E-state index in [1.165, 1.54) is 18.2 Å². The first-order valence-corrected chi connectivity index (χ1v) is 13.9. The lowest BCUT2D eigenvalue weighted by atomic mass is 10.2. The van der Waals surface area contributed by atoms with Crippen molar-refractivity contribution in [3.8, 4) is 0 Å². The van der Waals surface area contributed by atoms with Crippen LogP contribution in [0.15, 0.2) is 70.4 Å². The van der Waals surface area contributed by atoms with E-state index in [1.807, 2.05) is 27.7 Å². The van der Waals surface area contributed by atoms with Crippen LogP contribution < -0.4 is 14.5 Å². The quantitative estimate of drug-likeness (QED) is 0.321. The zero-order valence-corrected chi connectivity index (χ0v) is 22.7. The number of nitrogens with zero attached hydrogens (tertiary/aromatic N) is 2. The summed E-state index contributed by atoms with van der Waals surface area (Å²) in [6, 6.07) is 16.5. The number of rotatable bonds is 7. The Bertz CT molecular complexity index is 1610. The van der Waals surface area contributed by atoms with Gasteiger partial charge in [0.15, 0.2) is 0 Å². The van der Waals surface area contributed by atoms with Gasteiger partial charge in [-0.25, -0.2) is 8.42 Å². The number of benzene rings is 3. The Labute approximate surface area is 219 Å². The number of amides is 1. The van der Waals surface area contributed by atoms with Crippen molar-refractivity contribution >= 4 is 60.5 Å². The normalized spacial score (nSPS) is 11.7. The van der Waals surface area contributed by atoms with Crippen LogP contribution in [0.4, 0.5) is 11.4 Å². The number of nitrogens with one attached hydrogen (secondary N) is 1. The zero-order valence-electron chi connectivity index (χ0n) is 20.3. The molecule has 0 saturated heterocycles. The third-order valence-corrected chi connectivity index (χ3v) is 8.87. The van der Waals surface area contributed by atoms with Crippen molar-refractivity contribution in [2.45, 2.75) is 38.6 Å². The van der Waals surface area contributed by atoms with Gasteiger partial charge in [-0.1, -0.05) is 46.7 Å². The molecule has 0 unspecified atom stereocenters. The van der Waals surface area contributed by atoms with Gasteiger partial charge in [-0.3, -0.25) is 18.5 Å². The van der Waals surface area contributed by atoms with E-state index in [2.05, 4.69) is 5.32 Å². The third kappa shape index (κ3) is 5.18. The van der Waals surface area contributed by atoms with E-state index in [1.54, 1.807) is 47.0 Å². The first-order chi connectivity index (χ1) is 17.0. The molecule has 1 heterocycles. The van der Waals surface area contributed by atoms with Crippen LogP contribution in [0.2, 0.25) is 5.02 Å². The highest BCUT2D eigenvalue weighted by molar-refractivity contribution is 7.92. The third-order valence-electron chi connectivity index (χ3n) is 5.75. The summed E-state index contributed by atoms with van der Waals surface area (Å²) in [5.41, 5.74) is 3.25. The van der Waals surface area contributed by atoms with Gasteiger partial charge in [-0.05, 0) is 75.7 Å². The molecule has 10 heteroatoms. The Morgan fingerprint density at radius 3 is 2.39 bits per heavy atom. The second-order valence-electron chi connectivity index (χ2n) is 8.82. The molecular weight excluding hydrogens is 518 g/mol. The van der Waals surface area contributed by atoms with Gasteiger partial charge >= 0.3 is 4.87 Å². The summed E-state index contributed by atoms with van der Waals surface area (Å²) in [6.07, 6.45) is 0. The van der Waals surface area contributed by atoms with Gasteiger partial charge < -0.3 is 5.32 Å². The molecule has 1 N–H and O–H groups in total. The summed E-state index contributed by atoms with van der Waals surface area (Å²) in [7, 11) is -4.06. The number of aryl methyl sites for hydroxylation is 2. The van der Waals surface area contributed by atoms with Gasteiger partial charge in [0.25, 0.3) is 10.0 Å². The SMILES string of the molecule is Cc1ccc(S(=O)(=O)N(CC(=O)Nc2ccc3c(c2)sc(=O)n3C(C)C)c2ccc(C)c(Cl)c2)cc1. The summed E-state index contributed by atoms with van der Waals surface area (Å²) in [6.45, 7) is 7.09. The molecule has 36 heavy (non-hydrogen) atoms. The van der Waals surface area contributed by atoms with Crippen molar-refractivity contribution in [2.75, 3.05) is 16.2 Å². The fourth-order valence-corrected chi connectivity index (χ4v) is 6.46. The van der Waals surface area contributed by atoms with Gasteiger partial charge in [0, 0.05) is 16.8 Å². The minimum Gasteiger partial charge on any atom is -0.324 e. The summed E-state index contributed by atoms with van der Waals surface area (Å²) in [5, 5.41) is 3.16. The first kappa shape index (κ1) is 25.9. The number of hydrogen-bond acceptors (Lipinski definition) is 5. The maximum absolute atomic E-state index is 13.6. The number of fused-ring (bicyclic) bond motifs is 1. The highest BCUT2D eigenvalue weighted by atomic mass is 35.5. The van der Waals surface area contributed by atoms with Gasteiger partial charge in [-0.15, -0.1) is 0 Å². The molecule has 3 aromatic carbocycles. The number of aromatic nitrogens is 1. The van der Waals surface area contributed by atoms with Crippen LogP contribution in [-0.2, 0) is 14.8 Å². The minimum absolute atomic E-state index is 0.00793. The Kier molecular flexibility index (Phi) is 7.26. The molecule has 0 atom stereocenters. The number of hydrogen-bond donors (Lipinski definition) is 1. The van der Waals surface area contributed by atoms with Crippen LogP contribution >= 0.6 is 22.9 Å². The fraction of sp³-hybridized carbons (Fsp3) is 0.231. The Hall–Kier alpha value is -3.14. The van der Waals surface area contributed by atoms with Gasteiger partial charge in [-0.2, -0.15) is 0 Å². The summed E-state index contributed by atoms with van der Waals surface area (Å²) >= 11 is 7.38. The Morgan fingerprint density at radius 1 is 1.06 bits per heavy atom. The van der Waals surface area contributed by atoms with E-state index in [9.17, 15) is 18.0 Å². The molecule has 0 radical (unpaired) electrons. The van der Waals surface area contributed by atoms with E-state index in [4.69, 9.17) is 11.6 Å². The van der Waals surface area contributed by atoms with Crippen LogP contribution in [0, 0.1) is 13.8 Å². The van der Waals surface area contributed by atoms with Crippen LogP contribution in [0.1, 0.15) is 31.0 Å². The molecular formula is C26H26ClN3O4S2. The predicted molar refractivity (Wildman–Crippen MR) is 147 cm³/mol. The number of anilines is 2. The van der Waals surface area contributed by atoms with Crippen LogP contribution in [0.5, 0.6) is 0 Å². The average Bonchev–Trinajstić information content (AvgIpc) is 3.14. The fourth-order valence-electron chi connectivity index (χ4n) is 3.82. The van der Waals surface area contributed by atoms with Crippen LogP contribution in [0.25, 0.3) is 10.2 Å². The van der Waals surface area contributed by atoms with Crippen molar-refractivity contribution in [3.05, 3.63) is 86.5 Å².